The number of esters is 1. The second-order valence-electron chi connectivity index (χ2n) is 15.2. The number of aliphatic carboxylic acids is 1. The Hall–Kier alpha value is -2.10. The Morgan fingerprint density at radius 3 is 2.21 bits per heavy atom. The molecule has 39 heavy (non-hydrogen) atoms. The second kappa shape index (κ2) is 8.70. The van der Waals surface area contributed by atoms with E-state index in [0.717, 1.165) is 38.5 Å². The fraction of sp³-hybridized carbons (Fsp3) is 0.714. The van der Waals surface area contributed by atoms with Gasteiger partial charge < -0.3 is 9.84 Å². The molecule has 0 amide bonds. The van der Waals surface area contributed by atoms with Crippen molar-refractivity contribution in [3.8, 4) is 0 Å². The van der Waals surface area contributed by atoms with Gasteiger partial charge in [-0.2, -0.15) is 0 Å². The number of fused-ring (bicyclic) bond motifs is 7. The van der Waals surface area contributed by atoms with Crippen LogP contribution < -0.4 is 0 Å². The standard InChI is InChI=1S/C35H48O4/c1-31(2)24(22-9-11-23(12-10-22)29(36)39-6)15-18-32(3)27(31)16-19-34(5)28(32)14-13-25-26-8-7-17-35(26,30(37)38)21-20-33(25,34)4/h9-12,15,25-28H,7-8,13-14,16-21H2,1-6H3,(H,37,38)/t25-,26-,27+,28-,32+,33-,34-,35+/m1/s1. The van der Waals surface area contributed by atoms with E-state index in [9.17, 15) is 14.7 Å². The first kappa shape index (κ1) is 27.1. The predicted octanol–water partition coefficient (Wildman–Crippen LogP) is 8.41. The van der Waals surface area contributed by atoms with Crippen LogP contribution in [0.1, 0.15) is 115 Å². The maximum absolute atomic E-state index is 12.6. The molecule has 0 unspecified atom stereocenters. The van der Waals surface area contributed by atoms with E-state index in [0.29, 0.717) is 29.2 Å². The van der Waals surface area contributed by atoms with Crippen LogP contribution in [0.2, 0.25) is 0 Å². The summed E-state index contributed by atoms with van der Waals surface area (Å²) in [5.74, 6) is 1.35. The molecule has 4 nitrogen and oxygen atoms in total. The lowest BCUT2D eigenvalue weighted by Gasteiger charge is -2.72. The molecule has 0 bridgehead atoms. The second-order valence-corrected chi connectivity index (χ2v) is 15.2. The molecule has 4 fully saturated rings. The van der Waals surface area contributed by atoms with Crippen LogP contribution in [0.25, 0.3) is 5.57 Å². The lowest BCUT2D eigenvalue weighted by atomic mass is 9.32. The fourth-order valence-electron chi connectivity index (χ4n) is 11.9. The van der Waals surface area contributed by atoms with Crippen molar-refractivity contribution in [1.82, 2.24) is 0 Å². The first-order valence-corrected chi connectivity index (χ1v) is 15.5. The van der Waals surface area contributed by atoms with Crippen LogP contribution in [0, 0.1) is 50.7 Å². The largest absolute Gasteiger partial charge is 0.481 e. The summed E-state index contributed by atoms with van der Waals surface area (Å²) >= 11 is 0. The molecule has 1 N–H and O–H groups in total. The molecular weight excluding hydrogens is 484 g/mol. The topological polar surface area (TPSA) is 63.6 Å². The third kappa shape index (κ3) is 3.42. The Bertz CT molecular complexity index is 1210. The van der Waals surface area contributed by atoms with E-state index in [4.69, 9.17) is 4.74 Å². The van der Waals surface area contributed by atoms with Gasteiger partial charge in [0.05, 0.1) is 18.1 Å². The van der Waals surface area contributed by atoms with Gasteiger partial charge >= 0.3 is 11.9 Å². The number of carboxylic acid groups (broad SMARTS) is 1. The Morgan fingerprint density at radius 1 is 0.821 bits per heavy atom. The van der Waals surface area contributed by atoms with Gasteiger partial charge in [0.1, 0.15) is 0 Å². The summed E-state index contributed by atoms with van der Waals surface area (Å²) in [5.41, 5.74) is 3.51. The zero-order chi connectivity index (χ0) is 28.0. The molecule has 5 aliphatic carbocycles. The summed E-state index contributed by atoms with van der Waals surface area (Å²) in [6.07, 6.45) is 13.6. The minimum absolute atomic E-state index is 0.0370. The highest BCUT2D eigenvalue weighted by Gasteiger charge is 2.70. The molecule has 4 heteroatoms. The van der Waals surface area contributed by atoms with Gasteiger partial charge in [0.15, 0.2) is 0 Å². The number of carboxylic acids is 1. The summed E-state index contributed by atoms with van der Waals surface area (Å²) in [6, 6.07) is 7.99. The number of methoxy groups -OCH3 is 1. The van der Waals surface area contributed by atoms with Gasteiger partial charge in [0.2, 0.25) is 0 Å². The normalized spacial score (nSPS) is 44.2. The number of allylic oxidation sites excluding steroid dienone is 2. The van der Waals surface area contributed by atoms with Crippen LogP contribution in [-0.4, -0.2) is 24.2 Å². The number of hydrogen-bond acceptors (Lipinski definition) is 3. The summed E-state index contributed by atoms with van der Waals surface area (Å²) in [4.78, 5) is 24.6. The molecule has 8 atom stereocenters. The molecule has 1 aromatic rings. The van der Waals surface area contributed by atoms with Crippen molar-refractivity contribution in [2.24, 2.45) is 50.7 Å². The zero-order valence-electron chi connectivity index (χ0n) is 24.9. The molecule has 6 rings (SSSR count). The van der Waals surface area contributed by atoms with E-state index in [-0.39, 0.29) is 27.6 Å². The number of carbonyl (C=O) groups is 2. The highest BCUT2D eigenvalue weighted by atomic mass is 16.5. The van der Waals surface area contributed by atoms with E-state index in [1.165, 1.54) is 43.9 Å². The SMILES string of the molecule is COC(=O)c1ccc(C2=CC[C@]3(C)[C@H]4CC[C@@H]5[C@H]6CCC[C@]6(C(=O)O)CC[C@@]5(C)[C@]4(C)CC[C@H]3C2(C)C)cc1. The molecule has 0 radical (unpaired) electrons. The monoisotopic (exact) mass is 532 g/mol. The van der Waals surface area contributed by atoms with Crippen molar-refractivity contribution in [2.45, 2.75) is 98.8 Å². The van der Waals surface area contributed by atoms with Crippen molar-refractivity contribution >= 4 is 17.5 Å². The van der Waals surface area contributed by atoms with Crippen LogP contribution in [-0.2, 0) is 9.53 Å². The Kier molecular flexibility index (Phi) is 6.04. The first-order chi connectivity index (χ1) is 18.3. The minimum Gasteiger partial charge on any atom is -0.481 e. The quantitative estimate of drug-likeness (QED) is 0.397. The molecule has 212 valence electrons. The van der Waals surface area contributed by atoms with Gasteiger partial charge in [0, 0.05) is 0 Å². The third-order valence-electron chi connectivity index (χ3n) is 14.0. The van der Waals surface area contributed by atoms with Gasteiger partial charge in [0.25, 0.3) is 0 Å². The van der Waals surface area contributed by atoms with E-state index < -0.39 is 11.4 Å². The van der Waals surface area contributed by atoms with E-state index in [1.54, 1.807) is 0 Å². The number of ether oxygens (including phenoxy) is 1. The van der Waals surface area contributed by atoms with Crippen LogP contribution in [0.5, 0.6) is 0 Å². The lowest BCUT2D eigenvalue weighted by Crippen LogP contribution is -2.65. The summed E-state index contributed by atoms with van der Waals surface area (Å²) in [5, 5.41) is 10.4. The number of rotatable bonds is 3. The third-order valence-corrected chi connectivity index (χ3v) is 14.0. The van der Waals surface area contributed by atoms with Gasteiger partial charge in [-0.05, 0) is 126 Å². The van der Waals surface area contributed by atoms with Crippen LogP contribution >= 0.6 is 0 Å². The van der Waals surface area contributed by atoms with Gasteiger partial charge in [-0.15, -0.1) is 0 Å². The molecule has 0 heterocycles. The van der Waals surface area contributed by atoms with Crippen LogP contribution in [0.4, 0.5) is 0 Å². The van der Waals surface area contributed by atoms with E-state index in [2.05, 4.69) is 52.8 Å². The van der Waals surface area contributed by atoms with E-state index >= 15 is 0 Å². The lowest BCUT2D eigenvalue weighted by molar-refractivity contribution is -0.225. The number of benzene rings is 1. The summed E-state index contributed by atoms with van der Waals surface area (Å²) in [7, 11) is 1.43. The van der Waals surface area contributed by atoms with Gasteiger partial charge in [-0.1, -0.05) is 59.2 Å². The molecular formula is C35H48O4. The maximum atomic E-state index is 12.6. The molecule has 1 aromatic carbocycles. The summed E-state index contributed by atoms with van der Waals surface area (Å²) in [6.45, 7) is 12.7. The average Bonchev–Trinajstić information content (AvgIpc) is 3.34. The van der Waals surface area contributed by atoms with Crippen LogP contribution in [0.3, 0.4) is 0 Å². The van der Waals surface area contributed by atoms with Crippen LogP contribution in [0.15, 0.2) is 30.3 Å². The fourth-order valence-corrected chi connectivity index (χ4v) is 11.9. The van der Waals surface area contributed by atoms with Crippen molar-refractivity contribution in [2.75, 3.05) is 7.11 Å². The van der Waals surface area contributed by atoms with E-state index in [1.807, 2.05) is 12.1 Å². The van der Waals surface area contributed by atoms with Crippen molar-refractivity contribution in [1.29, 1.82) is 0 Å². The molecule has 0 aliphatic heterocycles. The van der Waals surface area contributed by atoms with Crippen molar-refractivity contribution < 1.29 is 19.4 Å². The first-order valence-electron chi connectivity index (χ1n) is 15.5. The highest BCUT2D eigenvalue weighted by Crippen LogP contribution is 2.77. The van der Waals surface area contributed by atoms with Gasteiger partial charge in [-0.25, -0.2) is 4.79 Å². The highest BCUT2D eigenvalue weighted by molar-refractivity contribution is 5.90. The average molecular weight is 533 g/mol. The minimum atomic E-state index is -0.513. The molecule has 0 aromatic heterocycles. The molecule has 0 saturated heterocycles. The number of carbonyl (C=O) groups excluding carboxylic acids is 1. The Balaban J connectivity index is 1.34. The van der Waals surface area contributed by atoms with Crippen molar-refractivity contribution in [3.05, 3.63) is 41.5 Å². The molecule has 5 aliphatic rings. The Labute approximate surface area is 235 Å². The summed E-state index contributed by atoms with van der Waals surface area (Å²) < 4.78 is 4.91. The molecule has 0 spiro atoms. The molecule has 4 saturated carbocycles. The Morgan fingerprint density at radius 2 is 1.54 bits per heavy atom. The van der Waals surface area contributed by atoms with Gasteiger partial charge in [-0.3, -0.25) is 4.79 Å². The maximum Gasteiger partial charge on any atom is 0.337 e. The smallest absolute Gasteiger partial charge is 0.337 e. The number of hydrogen-bond donors (Lipinski definition) is 1. The van der Waals surface area contributed by atoms with Crippen molar-refractivity contribution in [3.63, 3.8) is 0 Å². The predicted molar refractivity (Wildman–Crippen MR) is 154 cm³/mol. The zero-order valence-corrected chi connectivity index (χ0v) is 24.9.